The van der Waals surface area contributed by atoms with Gasteiger partial charge in [0.05, 0.1) is 42.2 Å². The molecule has 2 aromatic heterocycles. The first-order chi connectivity index (χ1) is 20.8. The smallest absolute Gasteiger partial charge is 0.338 e. The third-order valence-electron chi connectivity index (χ3n) is 6.92. The summed E-state index contributed by atoms with van der Waals surface area (Å²) in [6, 6.07) is 14.2. The molecule has 0 radical (unpaired) electrons. The number of hydrogen-bond donors (Lipinski definition) is 1. The maximum atomic E-state index is 14.1. The lowest BCUT2D eigenvalue weighted by Crippen LogP contribution is -2.40. The van der Waals surface area contributed by atoms with Crippen LogP contribution in [0, 0.1) is 0 Å². The topological polar surface area (TPSA) is 130 Å². The van der Waals surface area contributed by atoms with Gasteiger partial charge in [0.15, 0.2) is 4.80 Å². The molecule has 10 nitrogen and oxygen atoms in total. The summed E-state index contributed by atoms with van der Waals surface area (Å²) in [5.74, 6) is 0.259. The van der Waals surface area contributed by atoms with Crippen LogP contribution >= 0.6 is 11.3 Å². The Kier molecular flexibility index (Phi) is 8.63. The van der Waals surface area contributed by atoms with Crippen LogP contribution in [0.3, 0.4) is 0 Å². The van der Waals surface area contributed by atoms with Crippen LogP contribution in [0.2, 0.25) is 0 Å². The lowest BCUT2D eigenvalue weighted by Gasteiger charge is -2.27. The normalized spacial score (nSPS) is 14.7. The number of carbonyl (C=O) groups is 2. The van der Waals surface area contributed by atoms with Crippen molar-refractivity contribution in [1.29, 1.82) is 0 Å². The SMILES string of the molecule is CCCC1=C(C(=O)OCC)[C@H](c2cc(OC)ccc2OC)n2c(s/c(=C\c3ccc(-c4cccc(C(=O)O)c4)o3)c2=O)=N1. The van der Waals surface area contributed by atoms with Crippen molar-refractivity contribution < 1.29 is 33.3 Å². The molecule has 0 aliphatic carbocycles. The minimum atomic E-state index is -1.04. The monoisotopic (exact) mass is 602 g/mol. The number of methoxy groups -OCH3 is 2. The van der Waals surface area contributed by atoms with Crippen molar-refractivity contribution >= 4 is 29.4 Å². The summed E-state index contributed by atoms with van der Waals surface area (Å²) in [4.78, 5) is 44.1. The molecular formula is C32H30N2O8S. The van der Waals surface area contributed by atoms with Crippen LogP contribution in [0.5, 0.6) is 11.5 Å². The summed E-state index contributed by atoms with van der Waals surface area (Å²) in [6.45, 7) is 3.87. The van der Waals surface area contributed by atoms with Crippen molar-refractivity contribution in [3.05, 3.63) is 102 Å². The Morgan fingerprint density at radius 3 is 2.60 bits per heavy atom. The molecule has 0 saturated heterocycles. The summed E-state index contributed by atoms with van der Waals surface area (Å²) in [6.07, 6.45) is 2.83. The number of carboxylic acids is 1. The van der Waals surface area contributed by atoms with E-state index in [4.69, 9.17) is 23.6 Å². The molecule has 0 saturated carbocycles. The van der Waals surface area contributed by atoms with E-state index in [0.717, 1.165) is 6.42 Å². The van der Waals surface area contributed by atoms with Crippen LogP contribution in [-0.2, 0) is 9.53 Å². The molecule has 1 atom stereocenters. The third-order valence-corrected chi connectivity index (χ3v) is 7.90. The number of furan rings is 1. The number of nitrogens with zero attached hydrogens (tertiary/aromatic N) is 2. The summed E-state index contributed by atoms with van der Waals surface area (Å²) in [5.41, 5.74) is 1.72. The van der Waals surface area contributed by atoms with Crippen molar-refractivity contribution in [2.24, 2.45) is 4.99 Å². The van der Waals surface area contributed by atoms with Crippen LogP contribution in [0.4, 0.5) is 0 Å². The first-order valence-electron chi connectivity index (χ1n) is 13.7. The lowest BCUT2D eigenvalue weighted by atomic mass is 9.93. The largest absolute Gasteiger partial charge is 0.497 e. The number of hydrogen-bond acceptors (Lipinski definition) is 9. The Balaban J connectivity index is 1.70. The second-order valence-electron chi connectivity index (χ2n) is 9.61. The van der Waals surface area contributed by atoms with E-state index in [9.17, 15) is 19.5 Å². The highest BCUT2D eigenvalue weighted by Gasteiger charge is 2.36. The lowest BCUT2D eigenvalue weighted by molar-refractivity contribution is -0.139. The van der Waals surface area contributed by atoms with Gasteiger partial charge in [-0.05, 0) is 55.8 Å². The molecule has 1 aliphatic heterocycles. The molecule has 0 spiro atoms. The van der Waals surface area contributed by atoms with Crippen molar-refractivity contribution in [2.45, 2.75) is 32.7 Å². The number of ether oxygens (including phenoxy) is 3. The van der Waals surface area contributed by atoms with E-state index >= 15 is 0 Å². The summed E-state index contributed by atoms with van der Waals surface area (Å²) < 4.78 is 24.4. The van der Waals surface area contributed by atoms with Crippen LogP contribution in [-0.4, -0.2) is 42.4 Å². The van der Waals surface area contributed by atoms with Gasteiger partial charge < -0.3 is 23.7 Å². The van der Waals surface area contributed by atoms with E-state index in [1.807, 2.05) is 6.92 Å². The van der Waals surface area contributed by atoms with Gasteiger partial charge in [0, 0.05) is 17.2 Å². The first kappa shape index (κ1) is 29.6. The predicted octanol–water partition coefficient (Wildman–Crippen LogP) is 4.55. The molecule has 11 heteroatoms. The van der Waals surface area contributed by atoms with E-state index in [0.29, 0.717) is 55.6 Å². The number of benzene rings is 2. The van der Waals surface area contributed by atoms with E-state index < -0.39 is 18.0 Å². The number of thiazole rings is 1. The Morgan fingerprint density at radius 1 is 1.09 bits per heavy atom. The van der Waals surface area contributed by atoms with E-state index in [2.05, 4.69) is 0 Å². The van der Waals surface area contributed by atoms with Gasteiger partial charge in [0.25, 0.3) is 5.56 Å². The zero-order valence-corrected chi connectivity index (χ0v) is 24.9. The molecule has 43 heavy (non-hydrogen) atoms. The third kappa shape index (κ3) is 5.76. The predicted molar refractivity (Wildman–Crippen MR) is 160 cm³/mol. The van der Waals surface area contributed by atoms with Crippen LogP contribution in [0.1, 0.15) is 54.4 Å². The fourth-order valence-electron chi connectivity index (χ4n) is 4.99. The van der Waals surface area contributed by atoms with Gasteiger partial charge in [-0.2, -0.15) is 0 Å². The van der Waals surface area contributed by atoms with E-state index in [1.54, 1.807) is 55.5 Å². The van der Waals surface area contributed by atoms with Crippen LogP contribution in [0.25, 0.3) is 17.4 Å². The zero-order chi connectivity index (χ0) is 30.7. The highest BCUT2D eigenvalue weighted by Crippen LogP contribution is 2.38. The van der Waals surface area contributed by atoms with Crippen LogP contribution in [0.15, 0.2) is 80.1 Å². The Labute approximate surface area is 250 Å². The van der Waals surface area contributed by atoms with Gasteiger partial charge in [-0.3, -0.25) is 9.36 Å². The average Bonchev–Trinajstić information content (AvgIpc) is 3.60. The second kappa shape index (κ2) is 12.5. The number of fused-ring (bicyclic) bond motifs is 1. The molecule has 0 unspecified atom stereocenters. The fourth-order valence-corrected chi connectivity index (χ4v) is 5.99. The van der Waals surface area contributed by atoms with Crippen molar-refractivity contribution in [2.75, 3.05) is 20.8 Å². The molecule has 0 bridgehead atoms. The molecular weight excluding hydrogens is 572 g/mol. The molecule has 1 N–H and O–H groups in total. The molecule has 4 aromatic rings. The zero-order valence-electron chi connectivity index (χ0n) is 24.1. The quantitative estimate of drug-likeness (QED) is 0.262. The highest BCUT2D eigenvalue weighted by atomic mass is 32.1. The highest BCUT2D eigenvalue weighted by molar-refractivity contribution is 7.07. The first-order valence-corrected chi connectivity index (χ1v) is 14.5. The number of carboxylic acid groups (broad SMARTS) is 1. The number of aromatic carboxylic acids is 1. The van der Waals surface area contributed by atoms with Gasteiger partial charge in [0.1, 0.15) is 29.1 Å². The van der Waals surface area contributed by atoms with Gasteiger partial charge >= 0.3 is 11.9 Å². The Morgan fingerprint density at radius 2 is 1.91 bits per heavy atom. The van der Waals surface area contributed by atoms with Gasteiger partial charge in [-0.15, -0.1) is 0 Å². The van der Waals surface area contributed by atoms with Gasteiger partial charge in [-0.25, -0.2) is 14.6 Å². The second-order valence-corrected chi connectivity index (χ2v) is 10.6. The molecule has 222 valence electrons. The molecule has 0 amide bonds. The Hall–Kier alpha value is -4.90. The number of allylic oxidation sites excluding steroid dienone is 1. The summed E-state index contributed by atoms with van der Waals surface area (Å²) in [7, 11) is 3.06. The minimum absolute atomic E-state index is 0.136. The molecule has 5 rings (SSSR count). The number of rotatable bonds is 10. The van der Waals surface area contributed by atoms with Crippen molar-refractivity contribution in [3.8, 4) is 22.8 Å². The standard InChI is InChI=1S/C32H30N2O8S/c1-5-8-23-27(31(38)41-6-2)28(22-16-20(39-3)11-14-25(22)40-4)34-29(35)26(43-32(34)33-23)17-21-12-13-24(42-21)18-9-7-10-19(15-18)30(36)37/h7,9-17,28H,5-6,8H2,1-4H3,(H,36,37)/b26-17-/t28-/m0/s1. The van der Waals surface area contributed by atoms with Crippen molar-refractivity contribution in [3.63, 3.8) is 0 Å². The van der Waals surface area contributed by atoms with E-state index in [1.165, 1.54) is 42.3 Å². The maximum Gasteiger partial charge on any atom is 0.338 e. The minimum Gasteiger partial charge on any atom is -0.497 e. The number of carbonyl (C=O) groups excluding carboxylic acids is 1. The molecule has 1 aliphatic rings. The maximum absolute atomic E-state index is 14.1. The molecule has 0 fully saturated rings. The average molecular weight is 603 g/mol. The number of aromatic nitrogens is 1. The van der Waals surface area contributed by atoms with Gasteiger partial charge in [-0.1, -0.05) is 36.8 Å². The Bertz CT molecular complexity index is 1910. The summed E-state index contributed by atoms with van der Waals surface area (Å²) in [5, 5.41) is 9.34. The fraction of sp³-hybridized carbons (Fsp3) is 0.250. The van der Waals surface area contributed by atoms with Crippen LogP contribution < -0.4 is 24.4 Å². The molecule has 3 heterocycles. The number of esters is 1. The van der Waals surface area contributed by atoms with Gasteiger partial charge in [0.2, 0.25) is 0 Å². The summed E-state index contributed by atoms with van der Waals surface area (Å²) >= 11 is 1.18. The molecule has 2 aromatic carbocycles. The van der Waals surface area contributed by atoms with E-state index in [-0.39, 0.29) is 23.3 Å². The van der Waals surface area contributed by atoms with Crippen molar-refractivity contribution in [1.82, 2.24) is 4.57 Å².